The van der Waals surface area contributed by atoms with E-state index in [0.717, 1.165) is 46.7 Å². The molecule has 3 rings (SSSR count). The molecule has 1 aliphatic heterocycles. The lowest BCUT2D eigenvalue weighted by Crippen LogP contribution is -2.40. The Kier molecular flexibility index (Phi) is 5.70. The number of thiophene rings is 1. The van der Waals surface area contributed by atoms with Crippen molar-refractivity contribution in [2.75, 3.05) is 20.1 Å². The van der Waals surface area contributed by atoms with Crippen molar-refractivity contribution in [3.63, 3.8) is 0 Å². The zero-order valence-corrected chi connectivity index (χ0v) is 15.8. The molecule has 1 amide bonds. The number of likely N-dealkylation sites (tertiary alicyclic amines) is 1. The molecule has 23 heavy (non-hydrogen) atoms. The van der Waals surface area contributed by atoms with E-state index in [0.29, 0.717) is 12.0 Å². The number of rotatable bonds is 4. The molecule has 0 aliphatic carbocycles. The van der Waals surface area contributed by atoms with Crippen LogP contribution < -0.4 is 5.32 Å². The predicted octanol–water partition coefficient (Wildman–Crippen LogP) is 3.00. The van der Waals surface area contributed by atoms with Crippen LogP contribution in [0.2, 0.25) is 0 Å². The van der Waals surface area contributed by atoms with Crippen LogP contribution in [0.3, 0.4) is 0 Å². The second kappa shape index (κ2) is 7.20. The van der Waals surface area contributed by atoms with Crippen molar-refractivity contribution in [3.8, 4) is 0 Å². The van der Waals surface area contributed by atoms with E-state index >= 15 is 0 Å². The van der Waals surface area contributed by atoms with E-state index in [1.54, 1.807) is 11.3 Å². The van der Waals surface area contributed by atoms with Gasteiger partial charge in [-0.05, 0) is 31.9 Å². The number of nitrogens with zero attached hydrogens (tertiary/aromatic N) is 3. The predicted molar refractivity (Wildman–Crippen MR) is 97.9 cm³/mol. The van der Waals surface area contributed by atoms with Gasteiger partial charge in [0.25, 0.3) is 5.91 Å². The summed E-state index contributed by atoms with van der Waals surface area (Å²) < 4.78 is 1.90. The molecule has 2 aromatic rings. The molecule has 3 heterocycles. The van der Waals surface area contributed by atoms with Crippen molar-refractivity contribution in [1.29, 1.82) is 0 Å². The Balaban J connectivity index is 0.00000192. The van der Waals surface area contributed by atoms with Crippen LogP contribution >= 0.6 is 23.7 Å². The standard InChI is InChI=1S/C16H24N4OS.ClH/c1-10(2)14-12-8-13(22-16(12)19(4)18-14)15(21)20-7-5-6-11(20)9-17-3;/h8,10-11,17H,5-7,9H2,1-4H3;1H. The zero-order chi connectivity index (χ0) is 15.9. The van der Waals surface area contributed by atoms with Crippen LogP contribution in [0.15, 0.2) is 6.07 Å². The van der Waals surface area contributed by atoms with Crippen LogP contribution in [0.5, 0.6) is 0 Å². The molecule has 0 spiro atoms. The Morgan fingerprint density at radius 2 is 2.26 bits per heavy atom. The Bertz CT molecular complexity index is 694. The molecule has 1 fully saturated rings. The number of carbonyl (C=O) groups is 1. The average molecular weight is 357 g/mol. The maximum absolute atomic E-state index is 12.9. The molecule has 0 aromatic carbocycles. The van der Waals surface area contributed by atoms with E-state index in [2.05, 4.69) is 24.3 Å². The highest BCUT2D eigenvalue weighted by atomic mass is 35.5. The van der Waals surface area contributed by atoms with Crippen molar-refractivity contribution < 1.29 is 4.79 Å². The maximum Gasteiger partial charge on any atom is 0.264 e. The number of hydrogen-bond donors (Lipinski definition) is 1. The van der Waals surface area contributed by atoms with Crippen molar-refractivity contribution in [1.82, 2.24) is 20.0 Å². The van der Waals surface area contributed by atoms with Crippen molar-refractivity contribution in [2.45, 2.75) is 38.6 Å². The molecule has 1 saturated heterocycles. The highest BCUT2D eigenvalue weighted by Crippen LogP contribution is 2.33. The number of hydrogen-bond acceptors (Lipinski definition) is 4. The first kappa shape index (κ1) is 18.2. The van der Waals surface area contributed by atoms with Crippen LogP contribution in [0.1, 0.15) is 48.0 Å². The Morgan fingerprint density at radius 3 is 2.91 bits per heavy atom. The Labute approximate surface area is 147 Å². The number of amides is 1. The minimum Gasteiger partial charge on any atom is -0.334 e. The van der Waals surface area contributed by atoms with Gasteiger partial charge in [-0.2, -0.15) is 5.10 Å². The lowest BCUT2D eigenvalue weighted by molar-refractivity contribution is 0.0742. The summed E-state index contributed by atoms with van der Waals surface area (Å²) in [6, 6.07) is 2.37. The van der Waals surface area contributed by atoms with Gasteiger partial charge in [-0.15, -0.1) is 23.7 Å². The van der Waals surface area contributed by atoms with Gasteiger partial charge < -0.3 is 10.2 Å². The monoisotopic (exact) mass is 356 g/mol. The van der Waals surface area contributed by atoms with Crippen LogP contribution in [-0.4, -0.2) is 46.8 Å². The molecular weight excluding hydrogens is 332 g/mol. The van der Waals surface area contributed by atoms with E-state index < -0.39 is 0 Å². The highest BCUT2D eigenvalue weighted by molar-refractivity contribution is 7.20. The fourth-order valence-electron chi connectivity index (χ4n) is 3.29. The average Bonchev–Trinajstić information content (AvgIpc) is 3.15. The number of halogens is 1. The van der Waals surface area contributed by atoms with Crippen molar-refractivity contribution in [3.05, 3.63) is 16.6 Å². The fourth-order valence-corrected chi connectivity index (χ4v) is 4.33. The smallest absolute Gasteiger partial charge is 0.264 e. The minimum absolute atomic E-state index is 0. The van der Waals surface area contributed by atoms with Crippen LogP contribution in [0, 0.1) is 0 Å². The first-order valence-corrected chi connectivity index (χ1v) is 8.76. The summed E-state index contributed by atoms with van der Waals surface area (Å²) >= 11 is 1.57. The molecule has 2 aromatic heterocycles. The molecule has 128 valence electrons. The third-order valence-corrected chi connectivity index (χ3v) is 5.57. The molecule has 1 unspecified atom stereocenters. The summed E-state index contributed by atoms with van der Waals surface area (Å²) in [6.07, 6.45) is 2.19. The Hall–Kier alpha value is -1.11. The fraction of sp³-hybridized carbons (Fsp3) is 0.625. The van der Waals surface area contributed by atoms with Crippen molar-refractivity contribution in [2.24, 2.45) is 7.05 Å². The topological polar surface area (TPSA) is 50.2 Å². The summed E-state index contributed by atoms with van der Waals surface area (Å²) in [7, 11) is 3.90. The summed E-state index contributed by atoms with van der Waals surface area (Å²) in [6.45, 7) is 6.03. The maximum atomic E-state index is 12.9. The third kappa shape index (κ3) is 3.25. The molecule has 1 atom stereocenters. The summed E-state index contributed by atoms with van der Waals surface area (Å²) in [5, 5.41) is 8.91. The van der Waals surface area contributed by atoms with Crippen LogP contribution in [-0.2, 0) is 7.05 Å². The number of nitrogens with one attached hydrogen (secondary N) is 1. The molecule has 1 N–H and O–H groups in total. The van der Waals surface area contributed by atoms with E-state index in [1.807, 2.05) is 29.7 Å². The lowest BCUT2D eigenvalue weighted by Gasteiger charge is -2.23. The summed E-state index contributed by atoms with van der Waals surface area (Å²) in [4.78, 5) is 16.8. The van der Waals surface area contributed by atoms with E-state index in [-0.39, 0.29) is 18.3 Å². The quantitative estimate of drug-likeness (QED) is 0.916. The number of fused-ring (bicyclic) bond motifs is 1. The molecule has 0 radical (unpaired) electrons. The zero-order valence-electron chi connectivity index (χ0n) is 14.1. The second-order valence-corrected chi connectivity index (χ2v) is 7.38. The molecule has 7 heteroatoms. The van der Waals surface area contributed by atoms with Crippen LogP contribution in [0.4, 0.5) is 0 Å². The van der Waals surface area contributed by atoms with Gasteiger partial charge in [-0.1, -0.05) is 13.8 Å². The van der Waals surface area contributed by atoms with Crippen molar-refractivity contribution >= 4 is 39.9 Å². The second-order valence-electron chi connectivity index (χ2n) is 6.35. The van der Waals surface area contributed by atoms with E-state index in [4.69, 9.17) is 0 Å². The molecule has 0 bridgehead atoms. The SMILES string of the molecule is CNCC1CCCN1C(=O)c1cc2c(C(C)C)nn(C)c2s1.Cl. The van der Waals surface area contributed by atoms with Gasteiger partial charge in [0.1, 0.15) is 4.83 Å². The van der Waals surface area contributed by atoms with Gasteiger partial charge in [-0.25, -0.2) is 0 Å². The van der Waals surface area contributed by atoms with Crippen LogP contribution in [0.25, 0.3) is 10.2 Å². The summed E-state index contributed by atoms with van der Waals surface area (Å²) in [5.41, 5.74) is 1.08. The van der Waals surface area contributed by atoms with E-state index in [1.165, 1.54) is 0 Å². The third-order valence-electron chi connectivity index (χ3n) is 4.38. The first-order chi connectivity index (χ1) is 10.5. The number of aryl methyl sites for hydroxylation is 1. The number of aromatic nitrogens is 2. The summed E-state index contributed by atoms with van der Waals surface area (Å²) in [5.74, 6) is 0.540. The van der Waals surface area contributed by atoms with Gasteiger partial charge in [-0.3, -0.25) is 9.48 Å². The first-order valence-electron chi connectivity index (χ1n) is 7.95. The number of likely N-dealkylation sites (N-methyl/N-ethyl adjacent to an activating group) is 1. The Morgan fingerprint density at radius 1 is 1.52 bits per heavy atom. The molecule has 5 nitrogen and oxygen atoms in total. The van der Waals surface area contributed by atoms with E-state index in [9.17, 15) is 4.79 Å². The van der Waals surface area contributed by atoms with Gasteiger partial charge in [0.15, 0.2) is 0 Å². The normalized spacial score (nSPS) is 18.0. The van der Waals surface area contributed by atoms with Gasteiger partial charge in [0.2, 0.25) is 0 Å². The highest BCUT2D eigenvalue weighted by Gasteiger charge is 2.30. The molecular formula is C16H25ClN4OS. The van der Waals surface area contributed by atoms with Gasteiger partial charge in [0, 0.05) is 31.6 Å². The largest absolute Gasteiger partial charge is 0.334 e. The molecule has 1 aliphatic rings. The van der Waals surface area contributed by atoms with Gasteiger partial charge in [0.05, 0.1) is 10.6 Å². The van der Waals surface area contributed by atoms with Gasteiger partial charge >= 0.3 is 0 Å². The molecule has 0 saturated carbocycles. The lowest BCUT2D eigenvalue weighted by atomic mass is 10.1. The minimum atomic E-state index is 0. The number of carbonyl (C=O) groups excluding carboxylic acids is 1.